The molecule has 1 aromatic carbocycles. The van der Waals surface area contributed by atoms with Crippen LogP contribution >= 0.6 is 11.6 Å². The number of aliphatic hydroxyl groups excluding tert-OH is 1. The number of hydrogen-bond acceptors (Lipinski definition) is 2. The predicted molar refractivity (Wildman–Crippen MR) is 82.7 cm³/mol. The summed E-state index contributed by atoms with van der Waals surface area (Å²) in [5.74, 6) is 0. The summed E-state index contributed by atoms with van der Waals surface area (Å²) in [7, 11) is 0. The quantitative estimate of drug-likeness (QED) is 0.835. The van der Waals surface area contributed by atoms with Gasteiger partial charge in [-0.1, -0.05) is 44.5 Å². The van der Waals surface area contributed by atoms with Crippen molar-refractivity contribution in [2.75, 3.05) is 6.61 Å². The van der Waals surface area contributed by atoms with Gasteiger partial charge in [-0.05, 0) is 42.9 Å². The Morgan fingerprint density at radius 1 is 1.21 bits per heavy atom. The van der Waals surface area contributed by atoms with Gasteiger partial charge in [0.25, 0.3) is 0 Å². The topological polar surface area (TPSA) is 32.3 Å². The van der Waals surface area contributed by atoms with Crippen molar-refractivity contribution < 1.29 is 5.11 Å². The van der Waals surface area contributed by atoms with Gasteiger partial charge in [0.1, 0.15) is 0 Å². The maximum atomic E-state index is 9.18. The molecule has 0 heterocycles. The van der Waals surface area contributed by atoms with Gasteiger partial charge in [0.05, 0.1) is 0 Å². The van der Waals surface area contributed by atoms with Gasteiger partial charge in [-0.3, -0.25) is 0 Å². The summed E-state index contributed by atoms with van der Waals surface area (Å²) in [6.07, 6.45) is 1.75. The Kier molecular flexibility index (Phi) is 6.31. The lowest BCUT2D eigenvalue weighted by molar-refractivity contribution is 0.187. The molecule has 1 rings (SSSR count). The molecule has 108 valence electrons. The van der Waals surface area contributed by atoms with E-state index >= 15 is 0 Å². The van der Waals surface area contributed by atoms with Crippen molar-refractivity contribution in [3.63, 3.8) is 0 Å². The highest BCUT2D eigenvalue weighted by Gasteiger charge is 2.25. The first kappa shape index (κ1) is 16.5. The number of hydrogen-bond donors (Lipinski definition) is 2. The van der Waals surface area contributed by atoms with Gasteiger partial charge in [0, 0.05) is 23.7 Å². The van der Waals surface area contributed by atoms with Crippen LogP contribution in [0.1, 0.15) is 39.7 Å². The SMILES string of the molecule is CC(Cc1ccc(Cl)cc1)NC(CCO)C(C)(C)C. The second-order valence-corrected chi connectivity index (χ2v) is 6.77. The molecular weight excluding hydrogens is 258 g/mol. The Morgan fingerprint density at radius 2 is 1.79 bits per heavy atom. The molecule has 19 heavy (non-hydrogen) atoms. The normalized spacial score (nSPS) is 15.3. The highest BCUT2D eigenvalue weighted by molar-refractivity contribution is 6.30. The van der Waals surface area contributed by atoms with Crippen LogP contribution in [0.4, 0.5) is 0 Å². The fraction of sp³-hybridized carbons (Fsp3) is 0.625. The molecule has 2 unspecified atom stereocenters. The summed E-state index contributed by atoms with van der Waals surface area (Å²) in [5.41, 5.74) is 1.43. The summed E-state index contributed by atoms with van der Waals surface area (Å²) in [5, 5.41) is 13.6. The molecule has 2 atom stereocenters. The van der Waals surface area contributed by atoms with Crippen LogP contribution in [0, 0.1) is 5.41 Å². The zero-order chi connectivity index (χ0) is 14.5. The van der Waals surface area contributed by atoms with E-state index in [1.54, 1.807) is 0 Å². The van der Waals surface area contributed by atoms with Crippen LogP contribution in [0.2, 0.25) is 5.02 Å². The maximum absolute atomic E-state index is 9.18. The fourth-order valence-corrected chi connectivity index (χ4v) is 2.40. The van der Waals surface area contributed by atoms with Crippen molar-refractivity contribution in [1.29, 1.82) is 0 Å². The number of aliphatic hydroxyl groups is 1. The lowest BCUT2D eigenvalue weighted by atomic mass is 9.84. The average molecular weight is 284 g/mol. The average Bonchev–Trinajstić information content (AvgIpc) is 2.30. The smallest absolute Gasteiger partial charge is 0.0446 e. The minimum atomic E-state index is 0.150. The largest absolute Gasteiger partial charge is 0.396 e. The molecule has 0 spiro atoms. The molecule has 0 saturated heterocycles. The first-order valence-electron chi connectivity index (χ1n) is 6.94. The first-order valence-corrected chi connectivity index (χ1v) is 7.32. The molecule has 0 aliphatic rings. The first-order chi connectivity index (χ1) is 8.82. The second kappa shape index (κ2) is 7.28. The highest BCUT2D eigenvalue weighted by Crippen LogP contribution is 2.22. The minimum absolute atomic E-state index is 0.150. The lowest BCUT2D eigenvalue weighted by Gasteiger charge is -2.34. The van der Waals surface area contributed by atoms with Crippen LogP contribution in [0.15, 0.2) is 24.3 Å². The van der Waals surface area contributed by atoms with E-state index in [0.29, 0.717) is 12.1 Å². The lowest BCUT2D eigenvalue weighted by Crippen LogP contribution is -2.46. The molecule has 1 aromatic rings. The van der Waals surface area contributed by atoms with E-state index in [0.717, 1.165) is 17.9 Å². The molecule has 0 bridgehead atoms. The Balaban J connectivity index is 2.57. The minimum Gasteiger partial charge on any atom is -0.396 e. The molecule has 2 nitrogen and oxygen atoms in total. The van der Waals surface area contributed by atoms with Crippen molar-refractivity contribution in [2.45, 2.75) is 52.6 Å². The molecule has 3 heteroatoms. The van der Waals surface area contributed by atoms with Gasteiger partial charge >= 0.3 is 0 Å². The van der Waals surface area contributed by atoms with Crippen molar-refractivity contribution in [2.24, 2.45) is 5.41 Å². The van der Waals surface area contributed by atoms with Gasteiger partial charge in [-0.15, -0.1) is 0 Å². The molecule has 0 radical (unpaired) electrons. The molecule has 0 aliphatic heterocycles. The summed E-state index contributed by atoms with van der Waals surface area (Å²) in [6, 6.07) is 8.69. The van der Waals surface area contributed by atoms with Crippen molar-refractivity contribution in [1.82, 2.24) is 5.32 Å². The van der Waals surface area contributed by atoms with E-state index in [-0.39, 0.29) is 12.0 Å². The highest BCUT2D eigenvalue weighted by atomic mass is 35.5. The van der Waals surface area contributed by atoms with E-state index in [1.165, 1.54) is 5.56 Å². The monoisotopic (exact) mass is 283 g/mol. The molecule has 0 fully saturated rings. The van der Waals surface area contributed by atoms with Gasteiger partial charge in [0.2, 0.25) is 0 Å². The third kappa shape index (κ3) is 5.94. The van der Waals surface area contributed by atoms with Gasteiger partial charge in [-0.25, -0.2) is 0 Å². The van der Waals surface area contributed by atoms with Crippen molar-refractivity contribution in [3.05, 3.63) is 34.9 Å². The van der Waals surface area contributed by atoms with E-state index < -0.39 is 0 Å². The van der Waals surface area contributed by atoms with Crippen LogP contribution < -0.4 is 5.32 Å². The van der Waals surface area contributed by atoms with Crippen LogP contribution in [-0.2, 0) is 6.42 Å². The number of benzene rings is 1. The van der Waals surface area contributed by atoms with Crippen molar-refractivity contribution in [3.8, 4) is 0 Å². The third-order valence-electron chi connectivity index (χ3n) is 3.40. The second-order valence-electron chi connectivity index (χ2n) is 6.33. The summed E-state index contributed by atoms with van der Waals surface area (Å²) >= 11 is 5.89. The zero-order valence-electron chi connectivity index (χ0n) is 12.4. The van der Waals surface area contributed by atoms with Crippen molar-refractivity contribution >= 4 is 11.6 Å². The summed E-state index contributed by atoms with van der Waals surface area (Å²) < 4.78 is 0. The number of rotatable bonds is 6. The van der Waals surface area contributed by atoms with E-state index in [9.17, 15) is 5.11 Å². The van der Waals surface area contributed by atoms with E-state index in [4.69, 9.17) is 11.6 Å². The predicted octanol–water partition coefficient (Wildman–Crippen LogP) is 3.66. The van der Waals surface area contributed by atoms with Crippen LogP contribution in [0.25, 0.3) is 0 Å². The zero-order valence-corrected chi connectivity index (χ0v) is 13.2. The van der Waals surface area contributed by atoms with E-state index in [1.807, 2.05) is 12.1 Å². The molecule has 0 amide bonds. The third-order valence-corrected chi connectivity index (χ3v) is 3.66. The molecular formula is C16H26ClNO. The van der Waals surface area contributed by atoms with Crippen LogP contribution in [0.3, 0.4) is 0 Å². The maximum Gasteiger partial charge on any atom is 0.0446 e. The Labute approximate surface area is 122 Å². The van der Waals surface area contributed by atoms with Crippen LogP contribution in [-0.4, -0.2) is 23.8 Å². The molecule has 0 saturated carbocycles. The summed E-state index contributed by atoms with van der Waals surface area (Å²) in [4.78, 5) is 0. The fourth-order valence-electron chi connectivity index (χ4n) is 2.27. The Hall–Kier alpha value is -0.570. The van der Waals surface area contributed by atoms with Gasteiger partial charge in [0.15, 0.2) is 0 Å². The van der Waals surface area contributed by atoms with Crippen LogP contribution in [0.5, 0.6) is 0 Å². The summed E-state index contributed by atoms with van der Waals surface area (Å²) in [6.45, 7) is 9.02. The Morgan fingerprint density at radius 3 is 2.26 bits per heavy atom. The number of halogens is 1. The van der Waals surface area contributed by atoms with Gasteiger partial charge < -0.3 is 10.4 Å². The Bertz CT molecular complexity index is 369. The number of nitrogens with one attached hydrogen (secondary N) is 1. The molecule has 0 aromatic heterocycles. The molecule has 2 N–H and O–H groups in total. The van der Waals surface area contributed by atoms with E-state index in [2.05, 4.69) is 45.1 Å². The molecule has 0 aliphatic carbocycles. The van der Waals surface area contributed by atoms with Gasteiger partial charge in [-0.2, -0.15) is 0 Å². The standard InChI is InChI=1S/C16H26ClNO/c1-12(11-13-5-7-14(17)8-6-13)18-15(9-10-19)16(2,3)4/h5-8,12,15,18-19H,9-11H2,1-4H3.